The molecule has 0 aliphatic rings. The summed E-state index contributed by atoms with van der Waals surface area (Å²) in [7, 11) is 1.87. The topological polar surface area (TPSA) is 34.2 Å². The molecule has 0 saturated heterocycles. The van der Waals surface area contributed by atoms with Crippen LogP contribution in [0.2, 0.25) is 5.02 Å². The van der Waals surface area contributed by atoms with Crippen LogP contribution in [0.1, 0.15) is 5.69 Å². The number of nitrogens with one attached hydrogen (secondary N) is 1. The van der Waals surface area contributed by atoms with Gasteiger partial charge in [-0.25, -0.2) is 0 Å². The standard InChI is InChI=1S/C13H13ClN2O/c1-15-11-6-7-16-12(8-11)9-17-13-4-2-10(14)3-5-13/h2-8H,9H2,1H3,(H,15,16). The average Bonchev–Trinajstić information content (AvgIpc) is 2.38. The Morgan fingerprint density at radius 3 is 2.71 bits per heavy atom. The lowest BCUT2D eigenvalue weighted by Gasteiger charge is -2.07. The fourth-order valence-electron chi connectivity index (χ4n) is 1.40. The fraction of sp³-hybridized carbons (Fsp3) is 0.154. The molecule has 0 unspecified atom stereocenters. The maximum absolute atomic E-state index is 5.79. The molecule has 1 aromatic heterocycles. The van der Waals surface area contributed by atoms with Crippen molar-refractivity contribution in [3.05, 3.63) is 53.3 Å². The van der Waals surface area contributed by atoms with Crippen LogP contribution in [0.3, 0.4) is 0 Å². The highest BCUT2D eigenvalue weighted by Gasteiger charge is 1.98. The van der Waals surface area contributed by atoms with Crippen molar-refractivity contribution in [1.29, 1.82) is 0 Å². The Hall–Kier alpha value is -1.74. The smallest absolute Gasteiger partial charge is 0.130 e. The molecule has 0 spiro atoms. The Morgan fingerprint density at radius 1 is 1.24 bits per heavy atom. The lowest BCUT2D eigenvalue weighted by molar-refractivity contribution is 0.301. The maximum atomic E-state index is 5.79. The number of anilines is 1. The van der Waals surface area contributed by atoms with E-state index in [2.05, 4.69) is 10.3 Å². The lowest BCUT2D eigenvalue weighted by atomic mass is 10.3. The largest absolute Gasteiger partial charge is 0.487 e. The second-order valence-corrected chi connectivity index (χ2v) is 3.96. The normalized spacial score (nSPS) is 10.0. The quantitative estimate of drug-likeness (QED) is 0.901. The van der Waals surface area contributed by atoms with Crippen molar-refractivity contribution in [1.82, 2.24) is 4.98 Å². The highest BCUT2D eigenvalue weighted by atomic mass is 35.5. The minimum atomic E-state index is 0.442. The number of nitrogens with zero attached hydrogens (tertiary/aromatic N) is 1. The molecule has 0 fully saturated rings. The number of pyridine rings is 1. The van der Waals surface area contributed by atoms with E-state index < -0.39 is 0 Å². The van der Waals surface area contributed by atoms with Gasteiger partial charge in [0.15, 0.2) is 0 Å². The maximum Gasteiger partial charge on any atom is 0.130 e. The third-order valence-corrected chi connectivity index (χ3v) is 2.56. The van der Waals surface area contributed by atoms with Crippen molar-refractivity contribution in [2.24, 2.45) is 0 Å². The first-order valence-electron chi connectivity index (χ1n) is 5.29. The lowest BCUT2D eigenvalue weighted by Crippen LogP contribution is -1.99. The molecule has 0 amide bonds. The van der Waals surface area contributed by atoms with Crippen molar-refractivity contribution in [3.8, 4) is 5.75 Å². The predicted octanol–water partition coefficient (Wildman–Crippen LogP) is 3.36. The van der Waals surface area contributed by atoms with E-state index in [-0.39, 0.29) is 0 Å². The SMILES string of the molecule is CNc1ccnc(COc2ccc(Cl)cc2)c1. The summed E-state index contributed by atoms with van der Waals surface area (Å²) in [4.78, 5) is 4.23. The molecule has 0 aliphatic heterocycles. The van der Waals surface area contributed by atoms with Gasteiger partial charge in [-0.1, -0.05) is 11.6 Å². The highest BCUT2D eigenvalue weighted by Crippen LogP contribution is 2.17. The van der Waals surface area contributed by atoms with E-state index >= 15 is 0 Å². The average molecular weight is 249 g/mol. The summed E-state index contributed by atoms with van der Waals surface area (Å²) >= 11 is 5.79. The van der Waals surface area contributed by atoms with Crippen LogP contribution in [0, 0.1) is 0 Å². The number of halogens is 1. The van der Waals surface area contributed by atoms with Gasteiger partial charge in [-0.3, -0.25) is 4.98 Å². The number of ether oxygens (including phenoxy) is 1. The van der Waals surface area contributed by atoms with Crippen LogP contribution in [0.5, 0.6) is 5.75 Å². The van der Waals surface area contributed by atoms with Gasteiger partial charge in [-0.2, -0.15) is 0 Å². The van der Waals surface area contributed by atoms with Crippen LogP contribution in [0.15, 0.2) is 42.6 Å². The molecular formula is C13H13ClN2O. The monoisotopic (exact) mass is 248 g/mol. The molecule has 0 radical (unpaired) electrons. The Balaban J connectivity index is 1.99. The summed E-state index contributed by atoms with van der Waals surface area (Å²) in [6.07, 6.45) is 1.76. The molecule has 88 valence electrons. The van der Waals surface area contributed by atoms with Crippen molar-refractivity contribution >= 4 is 17.3 Å². The summed E-state index contributed by atoms with van der Waals surface area (Å²) in [5.41, 5.74) is 1.90. The van der Waals surface area contributed by atoms with Gasteiger partial charge in [-0.15, -0.1) is 0 Å². The van der Waals surface area contributed by atoms with Gasteiger partial charge < -0.3 is 10.1 Å². The van der Waals surface area contributed by atoms with Gasteiger partial charge in [-0.05, 0) is 36.4 Å². The fourth-order valence-corrected chi connectivity index (χ4v) is 1.53. The van der Waals surface area contributed by atoms with Crippen molar-refractivity contribution in [3.63, 3.8) is 0 Å². The number of benzene rings is 1. The van der Waals surface area contributed by atoms with Crippen LogP contribution in [-0.4, -0.2) is 12.0 Å². The van der Waals surface area contributed by atoms with Gasteiger partial charge in [0.2, 0.25) is 0 Å². The Kier molecular flexibility index (Phi) is 3.83. The molecule has 2 aromatic rings. The predicted molar refractivity (Wildman–Crippen MR) is 69.6 cm³/mol. The van der Waals surface area contributed by atoms with Crippen molar-refractivity contribution in [2.45, 2.75) is 6.61 Å². The molecule has 4 heteroatoms. The van der Waals surface area contributed by atoms with E-state index in [9.17, 15) is 0 Å². The van der Waals surface area contributed by atoms with Crippen LogP contribution in [-0.2, 0) is 6.61 Å². The summed E-state index contributed by atoms with van der Waals surface area (Å²) in [5, 5.41) is 3.76. The van der Waals surface area contributed by atoms with E-state index in [1.165, 1.54) is 0 Å². The highest BCUT2D eigenvalue weighted by molar-refractivity contribution is 6.30. The van der Waals surface area contributed by atoms with E-state index in [4.69, 9.17) is 16.3 Å². The molecule has 17 heavy (non-hydrogen) atoms. The Labute approximate surface area is 105 Å². The molecule has 2 rings (SSSR count). The van der Waals surface area contributed by atoms with E-state index in [0.717, 1.165) is 17.1 Å². The minimum Gasteiger partial charge on any atom is -0.487 e. The zero-order valence-corrected chi connectivity index (χ0v) is 10.2. The number of hydrogen-bond donors (Lipinski definition) is 1. The first-order chi connectivity index (χ1) is 8.28. The second kappa shape index (κ2) is 5.55. The van der Waals surface area contributed by atoms with E-state index in [1.807, 2.05) is 31.3 Å². The van der Waals surface area contributed by atoms with Crippen LogP contribution in [0.25, 0.3) is 0 Å². The van der Waals surface area contributed by atoms with Crippen LogP contribution in [0.4, 0.5) is 5.69 Å². The van der Waals surface area contributed by atoms with Crippen molar-refractivity contribution in [2.75, 3.05) is 12.4 Å². The molecule has 3 nitrogen and oxygen atoms in total. The summed E-state index contributed by atoms with van der Waals surface area (Å²) in [6.45, 7) is 0.442. The number of hydrogen-bond acceptors (Lipinski definition) is 3. The van der Waals surface area contributed by atoms with Gasteiger partial charge in [0.05, 0.1) is 5.69 Å². The Morgan fingerprint density at radius 2 is 2.00 bits per heavy atom. The first-order valence-corrected chi connectivity index (χ1v) is 5.67. The van der Waals surface area contributed by atoms with Gasteiger partial charge >= 0.3 is 0 Å². The van der Waals surface area contributed by atoms with Crippen LogP contribution < -0.4 is 10.1 Å². The summed E-state index contributed by atoms with van der Waals surface area (Å²) in [5.74, 6) is 0.783. The molecule has 1 N–H and O–H groups in total. The molecule has 0 atom stereocenters. The minimum absolute atomic E-state index is 0.442. The molecule has 0 saturated carbocycles. The summed E-state index contributed by atoms with van der Waals surface area (Å²) in [6, 6.07) is 11.1. The van der Waals surface area contributed by atoms with Crippen LogP contribution >= 0.6 is 11.6 Å². The third-order valence-electron chi connectivity index (χ3n) is 2.31. The third kappa shape index (κ3) is 3.36. The molecule has 1 heterocycles. The molecule has 0 bridgehead atoms. The zero-order valence-electron chi connectivity index (χ0n) is 9.48. The van der Waals surface area contributed by atoms with E-state index in [1.54, 1.807) is 18.3 Å². The second-order valence-electron chi connectivity index (χ2n) is 3.53. The summed E-state index contributed by atoms with van der Waals surface area (Å²) < 4.78 is 5.60. The van der Waals surface area contributed by atoms with Gasteiger partial charge in [0, 0.05) is 24.0 Å². The van der Waals surface area contributed by atoms with Crippen molar-refractivity contribution < 1.29 is 4.74 Å². The molecule has 1 aromatic carbocycles. The first kappa shape index (κ1) is 11.7. The molecule has 0 aliphatic carbocycles. The zero-order chi connectivity index (χ0) is 12.1. The van der Waals surface area contributed by atoms with Gasteiger partial charge in [0.1, 0.15) is 12.4 Å². The Bertz CT molecular complexity index is 485. The number of rotatable bonds is 4. The number of aromatic nitrogens is 1. The van der Waals surface area contributed by atoms with Gasteiger partial charge in [0.25, 0.3) is 0 Å². The van der Waals surface area contributed by atoms with E-state index in [0.29, 0.717) is 11.6 Å². The molecular weight excluding hydrogens is 236 g/mol.